The Balaban J connectivity index is 2.85. The Morgan fingerprint density at radius 1 is 1.57 bits per heavy atom. The first-order valence-electron chi connectivity index (χ1n) is 4.57. The van der Waals surface area contributed by atoms with E-state index in [-0.39, 0.29) is 11.7 Å². The van der Waals surface area contributed by atoms with Gasteiger partial charge < -0.3 is 5.11 Å². The molecule has 0 aromatic heterocycles. The zero-order chi connectivity index (χ0) is 11.0. The zero-order valence-electron chi connectivity index (χ0n) is 8.28. The average Bonchev–Trinajstić information content (AvgIpc) is 2.85. The van der Waals surface area contributed by atoms with Crippen LogP contribution in [-0.2, 0) is 14.8 Å². The fraction of sp³-hybridized carbons (Fsp3) is 0.875. The highest BCUT2D eigenvalue weighted by atomic mass is 32.2. The monoisotopic (exact) mass is 221 g/mol. The van der Waals surface area contributed by atoms with Crippen molar-refractivity contribution in [2.45, 2.75) is 32.2 Å². The fourth-order valence-electron chi connectivity index (χ4n) is 1.36. The summed E-state index contributed by atoms with van der Waals surface area (Å²) in [5.41, 5.74) is -1.32. The first-order valence-corrected chi connectivity index (χ1v) is 6.22. The number of carboxylic acids is 1. The molecule has 1 rings (SSSR count). The standard InChI is InChI=1S/C8H15NO4S/c1-3-14(12,13)9-8(2,7(10)11)6-4-5-6/h6,9H,3-5H2,1-2H3,(H,10,11). The summed E-state index contributed by atoms with van der Waals surface area (Å²) in [5.74, 6) is -1.26. The van der Waals surface area contributed by atoms with E-state index in [9.17, 15) is 13.2 Å². The van der Waals surface area contributed by atoms with Gasteiger partial charge >= 0.3 is 5.97 Å². The molecular weight excluding hydrogens is 206 g/mol. The molecule has 0 aliphatic heterocycles. The summed E-state index contributed by atoms with van der Waals surface area (Å²) in [5, 5.41) is 8.97. The van der Waals surface area contributed by atoms with Crippen molar-refractivity contribution in [1.29, 1.82) is 0 Å². The van der Waals surface area contributed by atoms with Crippen molar-refractivity contribution in [1.82, 2.24) is 4.72 Å². The van der Waals surface area contributed by atoms with Crippen molar-refractivity contribution < 1.29 is 18.3 Å². The third kappa shape index (κ3) is 2.24. The number of nitrogens with one attached hydrogen (secondary N) is 1. The lowest BCUT2D eigenvalue weighted by Gasteiger charge is -2.25. The van der Waals surface area contributed by atoms with Crippen LogP contribution in [-0.4, -0.2) is 30.8 Å². The maximum atomic E-state index is 11.3. The predicted octanol–water partition coefficient (Wildman–Crippen LogP) is 0.179. The molecule has 6 heteroatoms. The lowest BCUT2D eigenvalue weighted by molar-refractivity contribution is -0.144. The number of hydrogen-bond acceptors (Lipinski definition) is 3. The summed E-state index contributed by atoms with van der Waals surface area (Å²) in [7, 11) is -3.46. The van der Waals surface area contributed by atoms with Gasteiger partial charge in [0.05, 0.1) is 5.75 Å². The van der Waals surface area contributed by atoms with E-state index in [4.69, 9.17) is 5.11 Å². The van der Waals surface area contributed by atoms with Crippen molar-refractivity contribution in [3.63, 3.8) is 0 Å². The SMILES string of the molecule is CCS(=O)(=O)NC(C)(C(=O)O)C1CC1. The normalized spacial score (nSPS) is 21.6. The third-order valence-electron chi connectivity index (χ3n) is 2.59. The minimum absolute atomic E-state index is 0.0682. The number of sulfonamides is 1. The summed E-state index contributed by atoms with van der Waals surface area (Å²) in [6, 6.07) is 0. The largest absolute Gasteiger partial charge is 0.480 e. The van der Waals surface area contributed by atoms with Gasteiger partial charge in [0.1, 0.15) is 5.54 Å². The van der Waals surface area contributed by atoms with Gasteiger partial charge in [0.2, 0.25) is 10.0 Å². The van der Waals surface area contributed by atoms with Crippen molar-refractivity contribution in [2.24, 2.45) is 5.92 Å². The highest BCUT2D eigenvalue weighted by molar-refractivity contribution is 7.89. The Labute approximate surface area is 83.6 Å². The molecule has 0 spiro atoms. The topological polar surface area (TPSA) is 83.5 Å². The van der Waals surface area contributed by atoms with Crippen molar-refractivity contribution >= 4 is 16.0 Å². The molecule has 5 nitrogen and oxygen atoms in total. The van der Waals surface area contributed by atoms with E-state index in [0.29, 0.717) is 0 Å². The Morgan fingerprint density at radius 2 is 2.07 bits per heavy atom. The van der Waals surface area contributed by atoms with Crippen LogP contribution in [0.25, 0.3) is 0 Å². The Kier molecular flexibility index (Phi) is 2.87. The average molecular weight is 221 g/mol. The molecule has 1 aliphatic carbocycles. The smallest absolute Gasteiger partial charge is 0.324 e. The van der Waals surface area contributed by atoms with Gasteiger partial charge in [0, 0.05) is 0 Å². The van der Waals surface area contributed by atoms with Crippen LogP contribution in [0.15, 0.2) is 0 Å². The minimum atomic E-state index is -3.46. The van der Waals surface area contributed by atoms with E-state index in [1.165, 1.54) is 13.8 Å². The fourth-order valence-corrected chi connectivity index (χ4v) is 2.40. The lowest BCUT2D eigenvalue weighted by atomic mass is 9.98. The Hall–Kier alpha value is -0.620. The summed E-state index contributed by atoms with van der Waals surface area (Å²) in [4.78, 5) is 11.0. The molecule has 0 aromatic carbocycles. The van der Waals surface area contributed by atoms with Gasteiger partial charge in [-0.3, -0.25) is 4.79 Å². The molecule has 1 saturated carbocycles. The van der Waals surface area contributed by atoms with Gasteiger partial charge in [-0.1, -0.05) is 0 Å². The summed E-state index contributed by atoms with van der Waals surface area (Å²) in [6.45, 7) is 2.91. The second kappa shape index (κ2) is 3.51. The van der Waals surface area contributed by atoms with Gasteiger partial charge in [-0.05, 0) is 32.6 Å². The van der Waals surface area contributed by atoms with Crippen LogP contribution in [0.2, 0.25) is 0 Å². The van der Waals surface area contributed by atoms with Crippen LogP contribution >= 0.6 is 0 Å². The van der Waals surface area contributed by atoms with Crippen LogP contribution in [0.1, 0.15) is 26.7 Å². The van der Waals surface area contributed by atoms with Crippen LogP contribution < -0.4 is 4.72 Å². The van der Waals surface area contributed by atoms with E-state index < -0.39 is 21.5 Å². The van der Waals surface area contributed by atoms with E-state index in [2.05, 4.69) is 4.72 Å². The maximum Gasteiger partial charge on any atom is 0.324 e. The van der Waals surface area contributed by atoms with Crippen LogP contribution in [0.3, 0.4) is 0 Å². The molecule has 1 unspecified atom stereocenters. The quantitative estimate of drug-likeness (QED) is 0.693. The summed E-state index contributed by atoms with van der Waals surface area (Å²) >= 11 is 0. The second-order valence-electron chi connectivity index (χ2n) is 3.79. The predicted molar refractivity (Wildman–Crippen MR) is 51.4 cm³/mol. The number of carbonyl (C=O) groups is 1. The lowest BCUT2D eigenvalue weighted by Crippen LogP contribution is -2.54. The van der Waals surface area contributed by atoms with Crippen molar-refractivity contribution in [3.05, 3.63) is 0 Å². The highest BCUT2D eigenvalue weighted by Gasteiger charge is 2.49. The molecule has 0 bridgehead atoms. The Morgan fingerprint density at radius 3 is 2.36 bits per heavy atom. The first kappa shape index (κ1) is 11.5. The number of hydrogen-bond donors (Lipinski definition) is 2. The molecular formula is C8H15NO4S. The second-order valence-corrected chi connectivity index (χ2v) is 5.80. The van der Waals surface area contributed by atoms with Crippen molar-refractivity contribution in [2.75, 3.05) is 5.75 Å². The van der Waals surface area contributed by atoms with Gasteiger partial charge in [0.15, 0.2) is 0 Å². The number of rotatable bonds is 5. The van der Waals surface area contributed by atoms with E-state index in [1.54, 1.807) is 0 Å². The zero-order valence-corrected chi connectivity index (χ0v) is 9.10. The van der Waals surface area contributed by atoms with E-state index in [1.807, 2.05) is 0 Å². The Bertz CT molecular complexity index is 333. The summed E-state index contributed by atoms with van der Waals surface area (Å²) in [6.07, 6.45) is 1.55. The molecule has 2 N–H and O–H groups in total. The molecule has 1 atom stereocenters. The van der Waals surface area contributed by atoms with Crippen LogP contribution in [0.4, 0.5) is 0 Å². The molecule has 0 heterocycles. The molecule has 0 amide bonds. The minimum Gasteiger partial charge on any atom is -0.480 e. The summed E-state index contributed by atoms with van der Waals surface area (Å²) < 4.78 is 24.8. The molecule has 0 aromatic rings. The first-order chi connectivity index (χ1) is 6.32. The molecule has 82 valence electrons. The molecule has 14 heavy (non-hydrogen) atoms. The van der Waals surface area contributed by atoms with Crippen LogP contribution in [0.5, 0.6) is 0 Å². The molecule has 1 aliphatic rings. The third-order valence-corrected chi connectivity index (χ3v) is 4.08. The maximum absolute atomic E-state index is 11.3. The molecule has 0 saturated heterocycles. The van der Waals surface area contributed by atoms with Gasteiger partial charge in [0.25, 0.3) is 0 Å². The van der Waals surface area contributed by atoms with E-state index in [0.717, 1.165) is 12.8 Å². The van der Waals surface area contributed by atoms with Crippen LogP contribution in [0, 0.1) is 5.92 Å². The van der Waals surface area contributed by atoms with Crippen molar-refractivity contribution in [3.8, 4) is 0 Å². The van der Waals surface area contributed by atoms with Gasteiger partial charge in [-0.15, -0.1) is 0 Å². The number of aliphatic carboxylic acids is 1. The number of carboxylic acid groups (broad SMARTS) is 1. The van der Waals surface area contributed by atoms with Gasteiger partial charge in [-0.2, -0.15) is 4.72 Å². The molecule has 1 fully saturated rings. The van der Waals surface area contributed by atoms with E-state index >= 15 is 0 Å². The molecule has 0 radical (unpaired) electrons. The van der Waals surface area contributed by atoms with Gasteiger partial charge in [-0.25, -0.2) is 8.42 Å². The highest BCUT2D eigenvalue weighted by Crippen LogP contribution is 2.40.